The first-order valence-electron chi connectivity index (χ1n) is 7.90. The van der Waals surface area contributed by atoms with Crippen molar-refractivity contribution in [1.29, 1.82) is 0 Å². The smallest absolute Gasteiger partial charge is 0.256 e. The highest BCUT2D eigenvalue weighted by atomic mass is 19.1. The van der Waals surface area contributed by atoms with Gasteiger partial charge in [-0.05, 0) is 30.3 Å². The lowest BCUT2D eigenvalue weighted by Gasteiger charge is -2.13. The van der Waals surface area contributed by atoms with Crippen molar-refractivity contribution in [1.82, 2.24) is 9.78 Å². The molecule has 1 amide bonds. The maximum absolute atomic E-state index is 13.3. The summed E-state index contributed by atoms with van der Waals surface area (Å²) in [6, 6.07) is 12.7. The van der Waals surface area contributed by atoms with Gasteiger partial charge in [-0.1, -0.05) is 6.07 Å². The number of carbonyl (C=O) groups is 1. The lowest BCUT2D eigenvalue weighted by Crippen LogP contribution is -2.16. The highest BCUT2D eigenvalue weighted by Gasteiger charge is 2.12. The van der Waals surface area contributed by atoms with E-state index in [1.807, 2.05) is 12.1 Å². The predicted molar refractivity (Wildman–Crippen MR) is 95.2 cm³/mol. The summed E-state index contributed by atoms with van der Waals surface area (Å²) >= 11 is 0. The molecular weight excluding hydrogens is 337 g/mol. The minimum Gasteiger partial charge on any atom is -0.497 e. The van der Waals surface area contributed by atoms with Crippen LogP contribution in [-0.4, -0.2) is 29.9 Å². The molecule has 1 heterocycles. The summed E-state index contributed by atoms with van der Waals surface area (Å²) in [6.07, 6.45) is 1.58. The number of hydrogen-bond acceptors (Lipinski definition) is 4. The normalized spacial score (nSPS) is 10.4. The Morgan fingerprint density at radius 1 is 1.15 bits per heavy atom. The first-order valence-corrected chi connectivity index (χ1v) is 7.90. The van der Waals surface area contributed by atoms with Crippen LogP contribution in [-0.2, 0) is 6.54 Å². The number of hydrogen-bond donors (Lipinski definition) is 1. The Bertz CT molecular complexity index is 924. The van der Waals surface area contributed by atoms with Gasteiger partial charge in [-0.3, -0.25) is 4.79 Å². The number of aromatic nitrogens is 2. The van der Waals surface area contributed by atoms with Crippen LogP contribution in [0, 0.1) is 5.82 Å². The maximum atomic E-state index is 13.3. The molecule has 0 aliphatic heterocycles. The maximum Gasteiger partial charge on any atom is 0.256 e. The molecule has 134 valence electrons. The first kappa shape index (κ1) is 17.5. The second kappa shape index (κ2) is 7.69. The van der Waals surface area contributed by atoms with Crippen LogP contribution in [0.15, 0.2) is 54.7 Å². The standard InChI is InChI=1S/C19H18FN3O3/c1-25-16-7-6-14(17(11-16)26-2)12-23-18(8-9-21-23)22-19(24)13-4-3-5-15(20)10-13/h3-11H,12H2,1-2H3,(H,22,24). The summed E-state index contributed by atoms with van der Waals surface area (Å²) < 4.78 is 25.5. The molecule has 0 saturated heterocycles. The molecule has 0 spiro atoms. The van der Waals surface area contributed by atoms with Crippen LogP contribution in [0.1, 0.15) is 15.9 Å². The molecule has 0 unspecified atom stereocenters. The van der Waals surface area contributed by atoms with Crippen LogP contribution in [0.3, 0.4) is 0 Å². The van der Waals surface area contributed by atoms with E-state index in [4.69, 9.17) is 9.47 Å². The number of benzene rings is 2. The average molecular weight is 355 g/mol. The second-order valence-corrected chi connectivity index (χ2v) is 5.52. The number of nitrogens with zero attached hydrogens (tertiary/aromatic N) is 2. The molecule has 0 fully saturated rings. The van der Waals surface area contributed by atoms with Gasteiger partial charge in [0.05, 0.1) is 27.0 Å². The number of rotatable bonds is 6. The van der Waals surface area contributed by atoms with E-state index in [1.54, 1.807) is 43.3 Å². The van der Waals surface area contributed by atoms with Crippen molar-refractivity contribution >= 4 is 11.7 Å². The minimum atomic E-state index is -0.464. The Kier molecular flexibility index (Phi) is 5.17. The van der Waals surface area contributed by atoms with E-state index in [0.717, 1.165) is 5.56 Å². The average Bonchev–Trinajstić information content (AvgIpc) is 3.08. The van der Waals surface area contributed by atoms with Gasteiger partial charge in [0.1, 0.15) is 23.1 Å². The van der Waals surface area contributed by atoms with Crippen molar-refractivity contribution in [3.63, 3.8) is 0 Å². The van der Waals surface area contributed by atoms with Gasteiger partial charge in [0, 0.05) is 23.3 Å². The van der Waals surface area contributed by atoms with Gasteiger partial charge in [0.2, 0.25) is 0 Å². The van der Waals surface area contributed by atoms with Crippen LogP contribution in [0.4, 0.5) is 10.2 Å². The SMILES string of the molecule is COc1ccc(Cn2nccc2NC(=O)c2cccc(F)c2)c(OC)c1. The third kappa shape index (κ3) is 3.83. The number of halogens is 1. The van der Waals surface area contributed by atoms with E-state index in [-0.39, 0.29) is 5.56 Å². The summed E-state index contributed by atoms with van der Waals surface area (Å²) in [7, 11) is 3.16. The van der Waals surface area contributed by atoms with Crippen LogP contribution in [0.5, 0.6) is 11.5 Å². The van der Waals surface area contributed by atoms with Gasteiger partial charge in [-0.2, -0.15) is 5.10 Å². The fourth-order valence-electron chi connectivity index (χ4n) is 2.53. The number of ether oxygens (including phenoxy) is 2. The van der Waals surface area contributed by atoms with Crippen LogP contribution < -0.4 is 14.8 Å². The zero-order valence-electron chi connectivity index (χ0n) is 14.4. The van der Waals surface area contributed by atoms with Crippen molar-refractivity contribution in [3.05, 3.63) is 71.7 Å². The van der Waals surface area contributed by atoms with Gasteiger partial charge in [-0.25, -0.2) is 9.07 Å². The van der Waals surface area contributed by atoms with E-state index in [0.29, 0.717) is 23.9 Å². The number of amides is 1. The summed E-state index contributed by atoms with van der Waals surface area (Å²) in [5.74, 6) is 0.965. The van der Waals surface area contributed by atoms with Crippen LogP contribution in [0.25, 0.3) is 0 Å². The lowest BCUT2D eigenvalue weighted by atomic mass is 10.2. The molecule has 2 aromatic carbocycles. The Labute approximate surface area is 150 Å². The topological polar surface area (TPSA) is 65.4 Å². The number of nitrogens with one attached hydrogen (secondary N) is 1. The van der Waals surface area contributed by atoms with Crippen LogP contribution in [0.2, 0.25) is 0 Å². The molecule has 0 saturated carbocycles. The highest BCUT2D eigenvalue weighted by molar-refractivity contribution is 6.03. The molecule has 7 heteroatoms. The molecule has 3 aromatic rings. The monoisotopic (exact) mass is 355 g/mol. The van der Waals surface area contributed by atoms with Gasteiger partial charge < -0.3 is 14.8 Å². The van der Waals surface area contributed by atoms with Crippen molar-refractivity contribution in [2.75, 3.05) is 19.5 Å². The Hall–Kier alpha value is -3.35. The summed E-state index contributed by atoms with van der Waals surface area (Å²) in [5.41, 5.74) is 1.11. The van der Waals surface area contributed by atoms with Crippen molar-refractivity contribution < 1.29 is 18.7 Å². The second-order valence-electron chi connectivity index (χ2n) is 5.52. The molecule has 0 radical (unpaired) electrons. The third-order valence-corrected chi connectivity index (χ3v) is 3.86. The van der Waals surface area contributed by atoms with E-state index in [1.165, 1.54) is 18.2 Å². The van der Waals surface area contributed by atoms with Gasteiger partial charge >= 0.3 is 0 Å². The molecule has 1 aromatic heterocycles. The molecule has 0 aliphatic carbocycles. The predicted octanol–water partition coefficient (Wildman–Crippen LogP) is 3.34. The van der Waals surface area contributed by atoms with Gasteiger partial charge in [-0.15, -0.1) is 0 Å². The van der Waals surface area contributed by atoms with E-state index >= 15 is 0 Å². The molecule has 0 aliphatic rings. The van der Waals surface area contributed by atoms with Gasteiger partial charge in [0.15, 0.2) is 0 Å². The van der Waals surface area contributed by atoms with E-state index in [2.05, 4.69) is 10.4 Å². The Morgan fingerprint density at radius 2 is 2.00 bits per heavy atom. The van der Waals surface area contributed by atoms with Crippen molar-refractivity contribution in [3.8, 4) is 11.5 Å². The van der Waals surface area contributed by atoms with Gasteiger partial charge in [0.25, 0.3) is 5.91 Å². The lowest BCUT2D eigenvalue weighted by molar-refractivity contribution is 0.102. The largest absolute Gasteiger partial charge is 0.497 e. The van der Waals surface area contributed by atoms with Crippen LogP contribution >= 0.6 is 0 Å². The summed E-state index contributed by atoms with van der Waals surface area (Å²) in [5, 5.41) is 6.98. The first-order chi connectivity index (χ1) is 12.6. The highest BCUT2D eigenvalue weighted by Crippen LogP contribution is 2.26. The molecule has 0 atom stereocenters. The number of anilines is 1. The molecule has 3 rings (SSSR count). The Balaban J connectivity index is 1.80. The van der Waals surface area contributed by atoms with Crippen molar-refractivity contribution in [2.24, 2.45) is 0 Å². The third-order valence-electron chi connectivity index (χ3n) is 3.86. The quantitative estimate of drug-likeness (QED) is 0.736. The summed E-state index contributed by atoms with van der Waals surface area (Å²) in [6.45, 7) is 0.388. The zero-order chi connectivity index (χ0) is 18.5. The number of methoxy groups -OCH3 is 2. The summed E-state index contributed by atoms with van der Waals surface area (Å²) in [4.78, 5) is 12.3. The molecular formula is C19H18FN3O3. The van der Waals surface area contributed by atoms with E-state index in [9.17, 15) is 9.18 Å². The fraction of sp³-hybridized carbons (Fsp3) is 0.158. The van der Waals surface area contributed by atoms with Crippen molar-refractivity contribution in [2.45, 2.75) is 6.54 Å². The Morgan fingerprint density at radius 3 is 2.73 bits per heavy atom. The molecule has 26 heavy (non-hydrogen) atoms. The molecule has 1 N–H and O–H groups in total. The fourth-order valence-corrected chi connectivity index (χ4v) is 2.53. The number of carbonyl (C=O) groups excluding carboxylic acids is 1. The van der Waals surface area contributed by atoms with E-state index < -0.39 is 11.7 Å². The zero-order valence-corrected chi connectivity index (χ0v) is 14.4. The molecule has 6 nitrogen and oxygen atoms in total. The molecule has 0 bridgehead atoms. The minimum absolute atomic E-state index is 0.236.